The summed E-state index contributed by atoms with van der Waals surface area (Å²) >= 11 is 0. The molecule has 14 heavy (non-hydrogen) atoms. The largest absolute Gasteiger partial charge is 0.276 e. The molecule has 0 N–H and O–H groups in total. The quantitative estimate of drug-likeness (QED) is 0.591. The molecular weight excluding hydrogens is 178 g/mol. The van der Waals surface area contributed by atoms with Gasteiger partial charge in [-0.25, -0.2) is 0 Å². The summed E-state index contributed by atoms with van der Waals surface area (Å²) in [6, 6.07) is 0. The van der Waals surface area contributed by atoms with Crippen LogP contribution < -0.4 is 0 Å². The van der Waals surface area contributed by atoms with Crippen LogP contribution in [0.5, 0.6) is 0 Å². The normalized spacial score (nSPS) is 41.4. The summed E-state index contributed by atoms with van der Waals surface area (Å²) in [7, 11) is 0. The second-order valence-electron chi connectivity index (χ2n) is 4.99. The first-order valence-corrected chi connectivity index (χ1v) is 5.57. The van der Waals surface area contributed by atoms with E-state index < -0.39 is 0 Å². The molecule has 1 saturated heterocycles. The zero-order valence-electron chi connectivity index (χ0n) is 8.29. The van der Waals surface area contributed by atoms with Gasteiger partial charge in [-0.05, 0) is 38.0 Å². The van der Waals surface area contributed by atoms with Crippen LogP contribution in [0.4, 0.5) is 0 Å². The van der Waals surface area contributed by atoms with E-state index in [4.69, 9.17) is 0 Å². The predicted octanol–water partition coefficient (Wildman–Crippen LogP) is 1.47. The first kappa shape index (κ1) is 8.45. The van der Waals surface area contributed by atoms with Gasteiger partial charge in [0.2, 0.25) is 11.8 Å². The summed E-state index contributed by atoms with van der Waals surface area (Å²) in [5.41, 5.74) is -0.0324. The minimum Gasteiger partial charge on any atom is -0.276 e. The Morgan fingerprint density at radius 3 is 2.07 bits per heavy atom. The molecule has 3 heteroatoms. The topological polar surface area (TPSA) is 37.4 Å². The van der Waals surface area contributed by atoms with Gasteiger partial charge in [0.05, 0.1) is 5.54 Å². The second-order valence-corrected chi connectivity index (χ2v) is 4.99. The van der Waals surface area contributed by atoms with Crippen LogP contribution in [0.3, 0.4) is 0 Å². The highest BCUT2D eigenvalue weighted by atomic mass is 16.2. The monoisotopic (exact) mass is 193 g/mol. The van der Waals surface area contributed by atoms with Crippen molar-refractivity contribution in [2.45, 2.75) is 50.5 Å². The first-order valence-electron chi connectivity index (χ1n) is 5.57. The van der Waals surface area contributed by atoms with Gasteiger partial charge < -0.3 is 0 Å². The Labute approximate surface area is 83.5 Å². The molecule has 2 saturated carbocycles. The summed E-state index contributed by atoms with van der Waals surface area (Å²) in [4.78, 5) is 24.9. The molecule has 2 amide bonds. The van der Waals surface area contributed by atoms with Gasteiger partial charge in [-0.3, -0.25) is 14.5 Å². The molecule has 0 aromatic rings. The van der Waals surface area contributed by atoms with Crippen LogP contribution in [0.2, 0.25) is 0 Å². The lowest BCUT2D eigenvalue weighted by Crippen LogP contribution is -2.48. The van der Waals surface area contributed by atoms with Gasteiger partial charge >= 0.3 is 0 Å². The molecule has 3 rings (SSSR count). The van der Waals surface area contributed by atoms with Gasteiger partial charge in [0.1, 0.15) is 0 Å². The van der Waals surface area contributed by atoms with E-state index in [0.29, 0.717) is 12.8 Å². The fraction of sp³-hybridized carbons (Fsp3) is 0.818. The molecule has 0 spiro atoms. The van der Waals surface area contributed by atoms with E-state index in [2.05, 4.69) is 0 Å². The summed E-state index contributed by atoms with van der Waals surface area (Å²) in [6.07, 6.45) is 6.55. The number of imide groups is 1. The maximum atomic E-state index is 11.7. The predicted molar refractivity (Wildman–Crippen MR) is 50.4 cm³/mol. The molecule has 0 atom stereocenters. The summed E-state index contributed by atoms with van der Waals surface area (Å²) in [5.74, 6) is 0.950. The van der Waals surface area contributed by atoms with E-state index in [1.807, 2.05) is 0 Å². The Hall–Kier alpha value is -0.860. The third-order valence-electron chi connectivity index (χ3n) is 4.23. The third kappa shape index (κ3) is 0.928. The number of carbonyl (C=O) groups excluding carboxylic acids is 2. The molecule has 0 aromatic heterocycles. The summed E-state index contributed by atoms with van der Waals surface area (Å²) in [5, 5.41) is 0. The number of carbonyl (C=O) groups is 2. The number of hydrogen-bond donors (Lipinski definition) is 0. The van der Waals surface area contributed by atoms with Crippen molar-refractivity contribution in [3.05, 3.63) is 0 Å². The van der Waals surface area contributed by atoms with Crippen molar-refractivity contribution in [1.29, 1.82) is 0 Å². The second kappa shape index (κ2) is 2.59. The third-order valence-corrected chi connectivity index (χ3v) is 4.23. The minimum atomic E-state index is -0.0324. The van der Waals surface area contributed by atoms with Crippen molar-refractivity contribution >= 4 is 11.8 Å². The van der Waals surface area contributed by atoms with Crippen LogP contribution in [0.1, 0.15) is 44.9 Å². The highest BCUT2D eigenvalue weighted by molar-refractivity contribution is 6.02. The maximum absolute atomic E-state index is 11.7. The van der Waals surface area contributed by atoms with Gasteiger partial charge in [0, 0.05) is 12.8 Å². The molecular formula is C11H15NO2. The van der Waals surface area contributed by atoms with Crippen molar-refractivity contribution in [2.24, 2.45) is 5.92 Å². The number of rotatable bonds is 1. The van der Waals surface area contributed by atoms with Gasteiger partial charge in [-0.15, -0.1) is 0 Å². The molecule has 2 bridgehead atoms. The summed E-state index contributed by atoms with van der Waals surface area (Å²) in [6.45, 7) is 0. The van der Waals surface area contributed by atoms with Gasteiger partial charge in [0.15, 0.2) is 0 Å². The van der Waals surface area contributed by atoms with Crippen LogP contribution in [0.15, 0.2) is 0 Å². The number of amides is 2. The fourth-order valence-electron chi connectivity index (χ4n) is 3.58. The minimum absolute atomic E-state index is 0.0324. The Morgan fingerprint density at radius 2 is 1.64 bits per heavy atom. The van der Waals surface area contributed by atoms with Crippen molar-refractivity contribution in [3.8, 4) is 0 Å². The highest BCUT2D eigenvalue weighted by Gasteiger charge is 2.53. The smallest absolute Gasteiger partial charge is 0.230 e. The van der Waals surface area contributed by atoms with Crippen molar-refractivity contribution < 1.29 is 9.59 Å². The van der Waals surface area contributed by atoms with Crippen LogP contribution in [-0.2, 0) is 9.59 Å². The molecule has 0 aromatic carbocycles. The van der Waals surface area contributed by atoms with Crippen LogP contribution >= 0.6 is 0 Å². The Morgan fingerprint density at radius 1 is 1.07 bits per heavy atom. The number of fused-ring (bicyclic) bond motifs is 2. The lowest BCUT2D eigenvalue weighted by Gasteiger charge is -2.35. The van der Waals surface area contributed by atoms with E-state index in [9.17, 15) is 9.59 Å². The van der Waals surface area contributed by atoms with E-state index in [1.165, 1.54) is 12.8 Å². The molecule has 3 aliphatic rings. The van der Waals surface area contributed by atoms with Crippen LogP contribution in [0, 0.1) is 5.92 Å². The van der Waals surface area contributed by atoms with Crippen LogP contribution in [-0.4, -0.2) is 22.3 Å². The van der Waals surface area contributed by atoms with E-state index >= 15 is 0 Å². The molecule has 3 nitrogen and oxygen atoms in total. The van der Waals surface area contributed by atoms with E-state index in [0.717, 1.165) is 25.2 Å². The summed E-state index contributed by atoms with van der Waals surface area (Å²) < 4.78 is 0. The lowest BCUT2D eigenvalue weighted by molar-refractivity contribution is -0.145. The number of nitrogens with zero attached hydrogens (tertiary/aromatic N) is 1. The SMILES string of the molecule is O=C1CCC(=O)N1C12CCC(CC1)C2. The molecule has 0 unspecified atom stereocenters. The van der Waals surface area contributed by atoms with Gasteiger partial charge in [0.25, 0.3) is 0 Å². The van der Waals surface area contributed by atoms with E-state index in [-0.39, 0.29) is 17.4 Å². The number of hydrogen-bond acceptors (Lipinski definition) is 2. The van der Waals surface area contributed by atoms with Crippen molar-refractivity contribution in [1.82, 2.24) is 4.90 Å². The fourth-order valence-corrected chi connectivity index (χ4v) is 3.58. The maximum Gasteiger partial charge on any atom is 0.230 e. The molecule has 76 valence electrons. The zero-order chi connectivity index (χ0) is 9.76. The first-order chi connectivity index (χ1) is 6.71. The molecule has 3 fully saturated rings. The number of likely N-dealkylation sites (tertiary alicyclic amines) is 1. The van der Waals surface area contributed by atoms with Gasteiger partial charge in [-0.1, -0.05) is 0 Å². The Bertz CT molecular complexity index is 286. The highest BCUT2D eigenvalue weighted by Crippen LogP contribution is 2.52. The van der Waals surface area contributed by atoms with Gasteiger partial charge in [-0.2, -0.15) is 0 Å². The molecule has 1 heterocycles. The molecule has 1 aliphatic heterocycles. The molecule has 0 radical (unpaired) electrons. The molecule has 2 aliphatic carbocycles. The van der Waals surface area contributed by atoms with E-state index in [1.54, 1.807) is 4.90 Å². The standard InChI is InChI=1S/C11H15NO2/c13-9-1-2-10(14)12(9)11-5-3-8(7-11)4-6-11/h8H,1-7H2. The van der Waals surface area contributed by atoms with Crippen molar-refractivity contribution in [2.75, 3.05) is 0 Å². The average molecular weight is 193 g/mol. The lowest BCUT2D eigenvalue weighted by atomic mass is 9.92. The van der Waals surface area contributed by atoms with Crippen molar-refractivity contribution in [3.63, 3.8) is 0 Å². The Balaban J connectivity index is 1.94. The van der Waals surface area contributed by atoms with Crippen LogP contribution in [0.25, 0.3) is 0 Å². The average Bonchev–Trinajstić information content (AvgIpc) is 2.81. The zero-order valence-corrected chi connectivity index (χ0v) is 8.29. The Kier molecular flexibility index (Phi) is 1.56.